The number of carbonyl (C=O) groups is 1. The van der Waals surface area contributed by atoms with Gasteiger partial charge >= 0.3 is 31.1 Å². The van der Waals surface area contributed by atoms with Gasteiger partial charge in [-0.2, -0.15) is 35.4 Å². The van der Waals surface area contributed by atoms with Crippen molar-refractivity contribution >= 4 is 12.1 Å². The number of carbonyl (C=O) groups excluding carboxylic acids is 2. The summed E-state index contributed by atoms with van der Waals surface area (Å²) in [5, 5.41) is 0. The van der Waals surface area contributed by atoms with Gasteiger partial charge in [0.2, 0.25) is 0 Å². The molecule has 0 spiro atoms. The number of allylic oxidation sites excluding steroid dienone is 1. The molecule has 1 aromatic rings. The maximum Gasteiger partial charge on any atom is 2.00 e. The van der Waals surface area contributed by atoms with Gasteiger partial charge in [0.1, 0.15) is 5.78 Å². The Kier molecular flexibility index (Phi) is 7.29. The number of ketones is 1. The maximum atomic E-state index is 11.0. The summed E-state index contributed by atoms with van der Waals surface area (Å²) in [6.07, 6.45) is 3.14. The van der Waals surface area contributed by atoms with Gasteiger partial charge in [-0.3, -0.25) is 0 Å². The van der Waals surface area contributed by atoms with E-state index < -0.39 is 0 Å². The zero-order valence-corrected chi connectivity index (χ0v) is 13.3. The van der Waals surface area contributed by atoms with Crippen LogP contribution in [0, 0.1) is 37.2 Å². The number of fused-ring (bicyclic) bond motifs is 1. The predicted octanol–water partition coefficient (Wildman–Crippen LogP) is 2.29. The van der Waals surface area contributed by atoms with Crippen molar-refractivity contribution in [2.75, 3.05) is 0 Å². The molecule has 2 nitrogen and oxygen atoms in total. The molecule has 1 aromatic carbocycles. The molecule has 0 amide bonds. The second-order valence-electron chi connectivity index (χ2n) is 3.37. The van der Waals surface area contributed by atoms with Crippen LogP contribution in [0.25, 0.3) is 0 Å². The summed E-state index contributed by atoms with van der Waals surface area (Å²) in [5.74, 6) is 0.270. The quantitative estimate of drug-likeness (QED) is 0.498. The van der Waals surface area contributed by atoms with E-state index in [-0.39, 0.29) is 36.9 Å². The Morgan fingerprint density at radius 1 is 1.50 bits per heavy atom. The summed E-state index contributed by atoms with van der Waals surface area (Å²) < 4.78 is 0. The number of aryl methyl sites for hydroxylation is 1. The fraction of sp³-hybridized carbons (Fsp3) is 0.231. The average Bonchev–Trinajstić information content (AvgIpc) is 2.62. The van der Waals surface area contributed by atoms with Crippen molar-refractivity contribution < 1.29 is 40.7 Å². The summed E-state index contributed by atoms with van der Waals surface area (Å²) in [7, 11) is 0. The fourth-order valence-electron chi connectivity index (χ4n) is 1.31. The summed E-state index contributed by atoms with van der Waals surface area (Å²) in [6, 6.07) is 8.66. The molecule has 0 aromatic heterocycles. The molecule has 0 atom stereocenters. The van der Waals surface area contributed by atoms with E-state index >= 15 is 0 Å². The fourth-order valence-corrected chi connectivity index (χ4v) is 1.31. The zero-order valence-electron chi connectivity index (χ0n) is 9.17. The Balaban J connectivity index is 0.000000330. The van der Waals surface area contributed by atoms with Crippen molar-refractivity contribution in [3.63, 3.8) is 0 Å². The molecule has 0 heterocycles. The number of hydrogen-bond donors (Lipinski definition) is 0. The van der Waals surface area contributed by atoms with Crippen LogP contribution in [-0.4, -0.2) is 12.1 Å². The van der Waals surface area contributed by atoms with E-state index in [1.165, 1.54) is 0 Å². The largest absolute Gasteiger partial charge is 2.00 e. The SMILES string of the molecule is C=C(C)[C-]=O.O=C1CCc2[c-]cccc21.[U+2]. The first-order valence-corrected chi connectivity index (χ1v) is 4.71. The van der Waals surface area contributed by atoms with Crippen LogP contribution in [0.2, 0.25) is 0 Å². The summed E-state index contributed by atoms with van der Waals surface area (Å²) >= 11 is 0. The van der Waals surface area contributed by atoms with Gasteiger partial charge in [0.25, 0.3) is 0 Å². The Bertz CT molecular complexity index is 397. The van der Waals surface area contributed by atoms with E-state index in [1.807, 2.05) is 18.2 Å². The molecule has 0 N–H and O–H groups in total. The Morgan fingerprint density at radius 3 is 2.62 bits per heavy atom. The molecule has 0 saturated heterocycles. The van der Waals surface area contributed by atoms with Gasteiger partial charge in [-0.1, -0.05) is 12.5 Å². The summed E-state index contributed by atoms with van der Waals surface area (Å²) in [5.41, 5.74) is 2.42. The second-order valence-corrected chi connectivity index (χ2v) is 3.37. The van der Waals surface area contributed by atoms with Crippen molar-refractivity contribution in [2.45, 2.75) is 19.8 Å². The molecule has 16 heavy (non-hydrogen) atoms. The molecule has 0 bridgehead atoms. The second kappa shape index (κ2) is 7.60. The molecule has 0 fully saturated rings. The molecule has 1 aliphatic rings. The number of benzene rings is 1. The Labute approximate surface area is 119 Å². The van der Waals surface area contributed by atoms with Crippen LogP contribution in [0.1, 0.15) is 29.3 Å². The topological polar surface area (TPSA) is 34.1 Å². The van der Waals surface area contributed by atoms with Gasteiger partial charge in [0.05, 0.1) is 0 Å². The van der Waals surface area contributed by atoms with Crippen LogP contribution < -0.4 is 0 Å². The summed E-state index contributed by atoms with van der Waals surface area (Å²) in [6.45, 7) is 4.85. The van der Waals surface area contributed by atoms with Crippen molar-refractivity contribution in [2.24, 2.45) is 0 Å². The molecule has 0 unspecified atom stereocenters. The smallest absolute Gasteiger partial charge is 0.419 e. The van der Waals surface area contributed by atoms with Crippen molar-refractivity contribution in [1.29, 1.82) is 0 Å². The molecular formula is C13H12O2U. The predicted molar refractivity (Wildman–Crippen MR) is 58.4 cm³/mol. The molecule has 0 aliphatic heterocycles. The maximum absolute atomic E-state index is 11.0. The van der Waals surface area contributed by atoms with Crippen LogP contribution in [0.4, 0.5) is 0 Å². The monoisotopic (exact) mass is 438 g/mol. The van der Waals surface area contributed by atoms with Gasteiger partial charge in [0, 0.05) is 6.42 Å². The standard InChI is InChI=1S/C9H7O.C4H5O.U/c10-9-6-5-7-3-1-2-4-8(7)9;1-4(2)3-5;/h1-2,4H,5-6H2;1H2,2H3;/q2*-1;+2. The molecule has 1 aliphatic carbocycles. The first kappa shape index (κ1) is 15.4. The van der Waals surface area contributed by atoms with E-state index in [2.05, 4.69) is 12.6 Å². The van der Waals surface area contributed by atoms with Crippen LogP contribution in [0.5, 0.6) is 0 Å². The van der Waals surface area contributed by atoms with E-state index in [1.54, 1.807) is 13.2 Å². The minimum absolute atomic E-state index is 0. The van der Waals surface area contributed by atoms with E-state index in [9.17, 15) is 9.59 Å². The molecule has 3 heteroatoms. The number of Topliss-reactive ketones (excluding diaryl/α,β-unsaturated/α-hetero) is 1. The van der Waals surface area contributed by atoms with Gasteiger partial charge in [-0.15, -0.1) is 0 Å². The van der Waals surface area contributed by atoms with Gasteiger partial charge in [-0.25, -0.2) is 6.58 Å². The van der Waals surface area contributed by atoms with Crippen molar-refractivity contribution in [3.8, 4) is 0 Å². The van der Waals surface area contributed by atoms with Crippen molar-refractivity contribution in [1.82, 2.24) is 0 Å². The summed E-state index contributed by atoms with van der Waals surface area (Å²) in [4.78, 5) is 20.3. The molecule has 80 valence electrons. The third-order valence-corrected chi connectivity index (χ3v) is 2.02. The minimum atomic E-state index is 0. The zero-order chi connectivity index (χ0) is 11.3. The minimum Gasteiger partial charge on any atom is -0.419 e. The molecule has 0 radical (unpaired) electrons. The molecule has 0 saturated carbocycles. The average molecular weight is 438 g/mol. The molecular weight excluding hydrogens is 426 g/mol. The Hall–Kier alpha value is -0.648. The third-order valence-electron chi connectivity index (χ3n) is 2.02. The van der Waals surface area contributed by atoms with E-state index in [0.29, 0.717) is 12.0 Å². The van der Waals surface area contributed by atoms with Gasteiger partial charge in [-0.05, 0) is 12.7 Å². The van der Waals surface area contributed by atoms with Gasteiger partial charge in [0.15, 0.2) is 0 Å². The first-order chi connectivity index (χ1) is 7.15. The van der Waals surface area contributed by atoms with Gasteiger partial charge < -0.3 is 9.59 Å². The Morgan fingerprint density at radius 2 is 2.12 bits per heavy atom. The first-order valence-electron chi connectivity index (χ1n) is 4.71. The van der Waals surface area contributed by atoms with Crippen LogP contribution in [0.15, 0.2) is 30.4 Å². The number of rotatable bonds is 1. The van der Waals surface area contributed by atoms with Crippen LogP contribution >= 0.6 is 0 Å². The van der Waals surface area contributed by atoms with Crippen LogP contribution in [-0.2, 0) is 11.2 Å². The normalized spacial score (nSPS) is 11.7. The van der Waals surface area contributed by atoms with Crippen LogP contribution in [0.3, 0.4) is 0 Å². The van der Waals surface area contributed by atoms with E-state index in [4.69, 9.17) is 0 Å². The number of hydrogen-bond acceptors (Lipinski definition) is 2. The molecule has 2 rings (SSSR count). The van der Waals surface area contributed by atoms with E-state index in [0.717, 1.165) is 17.5 Å². The third kappa shape index (κ3) is 4.47. The van der Waals surface area contributed by atoms with Crippen molar-refractivity contribution in [3.05, 3.63) is 47.5 Å².